The maximum Gasteiger partial charge on any atom is 0.159 e. The van der Waals surface area contributed by atoms with E-state index in [0.717, 1.165) is 10.2 Å². The fraction of sp³-hybridized carbons (Fsp3) is 0.250. The molecule has 1 aromatic rings. The maximum atomic E-state index is 5.35. The first-order chi connectivity index (χ1) is 3.72. The second kappa shape index (κ2) is 1.78. The molecule has 0 atom stereocenters. The summed E-state index contributed by atoms with van der Waals surface area (Å²) in [6.45, 7) is 1.90. The second-order valence-corrected chi connectivity index (χ2v) is 2.34. The normalized spacial score (nSPS) is 9.75. The minimum atomic E-state index is 0.516. The molecule has 44 valence electrons. The van der Waals surface area contributed by atoms with Gasteiger partial charge in [0.1, 0.15) is 0 Å². The van der Waals surface area contributed by atoms with Crippen LogP contribution in [-0.4, -0.2) is 10.2 Å². The van der Waals surface area contributed by atoms with Crippen LogP contribution in [0.5, 0.6) is 0 Å². The maximum absolute atomic E-state index is 5.35. The molecule has 0 aliphatic heterocycles. The number of aryl methyl sites for hydroxylation is 1. The summed E-state index contributed by atoms with van der Waals surface area (Å²) in [5, 5.41) is 6.44. The first-order valence-corrected chi connectivity index (χ1v) is 2.97. The Morgan fingerprint density at radius 1 is 1.75 bits per heavy atom. The van der Waals surface area contributed by atoms with Gasteiger partial charge in [0.05, 0.1) is 4.47 Å². The van der Waals surface area contributed by atoms with Crippen LogP contribution in [0.4, 0.5) is 5.82 Å². The summed E-state index contributed by atoms with van der Waals surface area (Å²) in [5.41, 5.74) is 6.31. The SMILES string of the molecule is Cc1[nH]nc(N)c1Br. The molecule has 8 heavy (non-hydrogen) atoms. The van der Waals surface area contributed by atoms with Crippen molar-refractivity contribution in [3.63, 3.8) is 0 Å². The average molecular weight is 176 g/mol. The Morgan fingerprint density at radius 3 is 2.50 bits per heavy atom. The molecule has 0 unspecified atom stereocenters. The smallest absolute Gasteiger partial charge is 0.159 e. The standard InChI is InChI=1S/C4H6BrN3/c1-2-3(5)4(6)8-7-2/h1H3,(H3,6,7,8). The molecule has 0 bridgehead atoms. The van der Waals surface area contributed by atoms with Crippen molar-refractivity contribution in [1.82, 2.24) is 10.2 Å². The molecule has 1 rings (SSSR count). The summed E-state index contributed by atoms with van der Waals surface area (Å²) < 4.78 is 0.859. The highest BCUT2D eigenvalue weighted by molar-refractivity contribution is 9.10. The molecular weight excluding hydrogens is 170 g/mol. The molecule has 4 heteroatoms. The van der Waals surface area contributed by atoms with Crippen molar-refractivity contribution >= 4 is 21.7 Å². The van der Waals surface area contributed by atoms with E-state index in [9.17, 15) is 0 Å². The Kier molecular flexibility index (Phi) is 1.25. The third kappa shape index (κ3) is 0.709. The average Bonchev–Trinajstić information content (AvgIpc) is 1.98. The van der Waals surface area contributed by atoms with Crippen LogP contribution in [0.3, 0.4) is 0 Å². The number of rotatable bonds is 0. The number of nitrogens with one attached hydrogen (secondary N) is 1. The number of nitrogens with zero attached hydrogens (tertiary/aromatic N) is 1. The summed E-state index contributed by atoms with van der Waals surface area (Å²) in [7, 11) is 0. The van der Waals surface area contributed by atoms with Gasteiger partial charge in [0.25, 0.3) is 0 Å². The third-order valence-electron chi connectivity index (χ3n) is 0.898. The van der Waals surface area contributed by atoms with Gasteiger partial charge in [0, 0.05) is 5.69 Å². The van der Waals surface area contributed by atoms with E-state index in [2.05, 4.69) is 26.1 Å². The highest BCUT2D eigenvalue weighted by atomic mass is 79.9. The summed E-state index contributed by atoms with van der Waals surface area (Å²) in [5.74, 6) is 0.516. The lowest BCUT2D eigenvalue weighted by atomic mass is 10.5. The van der Waals surface area contributed by atoms with Gasteiger partial charge in [-0.15, -0.1) is 0 Å². The highest BCUT2D eigenvalue weighted by Gasteiger charge is 1.99. The van der Waals surface area contributed by atoms with Crippen molar-refractivity contribution in [2.45, 2.75) is 6.92 Å². The van der Waals surface area contributed by atoms with Gasteiger partial charge >= 0.3 is 0 Å². The van der Waals surface area contributed by atoms with E-state index in [1.807, 2.05) is 6.92 Å². The second-order valence-electron chi connectivity index (χ2n) is 1.55. The van der Waals surface area contributed by atoms with Crippen LogP contribution in [0.25, 0.3) is 0 Å². The van der Waals surface area contributed by atoms with E-state index in [1.54, 1.807) is 0 Å². The van der Waals surface area contributed by atoms with Gasteiger partial charge in [-0.2, -0.15) is 5.10 Å². The zero-order valence-electron chi connectivity index (χ0n) is 4.40. The number of nitrogens with two attached hydrogens (primary N) is 1. The van der Waals surface area contributed by atoms with Gasteiger partial charge in [0.15, 0.2) is 5.82 Å². The quantitative estimate of drug-likeness (QED) is 0.620. The van der Waals surface area contributed by atoms with Gasteiger partial charge in [-0.3, -0.25) is 5.10 Å². The molecule has 3 nitrogen and oxygen atoms in total. The molecule has 0 fully saturated rings. The molecule has 1 heterocycles. The van der Waals surface area contributed by atoms with Crippen molar-refractivity contribution in [1.29, 1.82) is 0 Å². The molecule has 0 aromatic carbocycles. The zero-order valence-corrected chi connectivity index (χ0v) is 5.99. The molecule has 0 saturated heterocycles. The Hall–Kier alpha value is -0.510. The largest absolute Gasteiger partial charge is 0.381 e. The number of nitrogen functional groups attached to an aromatic ring is 1. The summed E-state index contributed by atoms with van der Waals surface area (Å²) in [4.78, 5) is 0. The summed E-state index contributed by atoms with van der Waals surface area (Å²) in [6, 6.07) is 0. The van der Waals surface area contributed by atoms with Crippen LogP contribution in [0, 0.1) is 6.92 Å². The lowest BCUT2D eigenvalue weighted by Gasteiger charge is -1.81. The highest BCUT2D eigenvalue weighted by Crippen LogP contribution is 2.18. The van der Waals surface area contributed by atoms with Crippen molar-refractivity contribution < 1.29 is 0 Å². The first kappa shape index (κ1) is 5.62. The lowest BCUT2D eigenvalue weighted by Crippen LogP contribution is -1.83. The monoisotopic (exact) mass is 175 g/mol. The number of halogens is 1. The minimum Gasteiger partial charge on any atom is -0.381 e. The molecule has 0 amide bonds. The first-order valence-electron chi connectivity index (χ1n) is 2.17. The molecule has 0 radical (unpaired) electrons. The van der Waals surface area contributed by atoms with E-state index >= 15 is 0 Å². The van der Waals surface area contributed by atoms with E-state index in [4.69, 9.17) is 5.73 Å². The Bertz CT molecular complexity index is 174. The van der Waals surface area contributed by atoms with Crippen molar-refractivity contribution in [2.24, 2.45) is 0 Å². The van der Waals surface area contributed by atoms with Crippen LogP contribution in [0.15, 0.2) is 4.47 Å². The van der Waals surface area contributed by atoms with Crippen molar-refractivity contribution in [2.75, 3.05) is 5.73 Å². The van der Waals surface area contributed by atoms with Crippen LogP contribution in [-0.2, 0) is 0 Å². The third-order valence-corrected chi connectivity index (χ3v) is 1.90. The van der Waals surface area contributed by atoms with Crippen LogP contribution in [0.1, 0.15) is 5.69 Å². The van der Waals surface area contributed by atoms with Gasteiger partial charge in [0.2, 0.25) is 0 Å². The van der Waals surface area contributed by atoms with Gasteiger partial charge in [-0.1, -0.05) is 0 Å². The fourth-order valence-corrected chi connectivity index (χ4v) is 0.612. The van der Waals surface area contributed by atoms with Gasteiger partial charge < -0.3 is 5.73 Å². The van der Waals surface area contributed by atoms with E-state index < -0.39 is 0 Å². The molecule has 0 saturated carbocycles. The fourth-order valence-electron chi connectivity index (χ4n) is 0.434. The van der Waals surface area contributed by atoms with Gasteiger partial charge in [-0.25, -0.2) is 0 Å². The number of hydrogen-bond donors (Lipinski definition) is 2. The zero-order chi connectivity index (χ0) is 6.15. The molecule has 0 aliphatic rings. The Morgan fingerprint density at radius 2 is 2.38 bits per heavy atom. The van der Waals surface area contributed by atoms with E-state index in [-0.39, 0.29) is 0 Å². The predicted octanol–water partition coefficient (Wildman–Crippen LogP) is 1.06. The summed E-state index contributed by atoms with van der Waals surface area (Å²) in [6.07, 6.45) is 0. The number of H-pyrrole nitrogens is 1. The van der Waals surface area contributed by atoms with E-state index in [1.165, 1.54) is 0 Å². The number of aromatic nitrogens is 2. The molecule has 0 aliphatic carbocycles. The molecule has 0 spiro atoms. The van der Waals surface area contributed by atoms with Crippen molar-refractivity contribution in [3.8, 4) is 0 Å². The van der Waals surface area contributed by atoms with E-state index in [0.29, 0.717) is 5.82 Å². The number of anilines is 1. The van der Waals surface area contributed by atoms with Crippen molar-refractivity contribution in [3.05, 3.63) is 10.2 Å². The topological polar surface area (TPSA) is 54.7 Å². The molecule has 3 N–H and O–H groups in total. The number of hydrogen-bond acceptors (Lipinski definition) is 2. The van der Waals surface area contributed by atoms with Gasteiger partial charge in [-0.05, 0) is 22.9 Å². The predicted molar refractivity (Wildman–Crippen MR) is 35.4 cm³/mol. The molecule has 1 aromatic heterocycles. The van der Waals surface area contributed by atoms with Crippen LogP contribution in [0.2, 0.25) is 0 Å². The summed E-state index contributed by atoms with van der Waals surface area (Å²) >= 11 is 3.23. The Balaban J connectivity index is 3.19. The minimum absolute atomic E-state index is 0.516. The molecular formula is C4H6BrN3. The number of aromatic amines is 1. The Labute approximate surface area is 55.4 Å². The van der Waals surface area contributed by atoms with Crippen LogP contribution >= 0.6 is 15.9 Å². The lowest BCUT2D eigenvalue weighted by molar-refractivity contribution is 1.05. The van der Waals surface area contributed by atoms with Crippen LogP contribution < -0.4 is 5.73 Å².